The van der Waals surface area contributed by atoms with Crippen molar-refractivity contribution in [2.75, 3.05) is 0 Å². The van der Waals surface area contributed by atoms with E-state index in [-0.39, 0.29) is 16.5 Å². The fourth-order valence-electron chi connectivity index (χ4n) is 1.80. The quantitative estimate of drug-likeness (QED) is 0.486. The maximum atomic E-state index is 12.3. The number of ketones is 1. The van der Waals surface area contributed by atoms with E-state index in [1.165, 1.54) is 12.1 Å². The van der Waals surface area contributed by atoms with Crippen LogP contribution in [0, 0.1) is 17.0 Å². The Morgan fingerprint density at radius 1 is 1.21 bits per heavy atom. The van der Waals surface area contributed by atoms with Gasteiger partial charge in [-0.05, 0) is 18.6 Å². The number of nitro benzene ring substituents is 1. The highest BCUT2D eigenvalue weighted by Gasteiger charge is 2.19. The van der Waals surface area contributed by atoms with Crippen LogP contribution in [0.15, 0.2) is 42.5 Å². The molecule has 0 aliphatic rings. The van der Waals surface area contributed by atoms with E-state index < -0.39 is 4.92 Å². The number of hydrogen-bond donors (Lipinski definition) is 0. The molecule has 19 heavy (non-hydrogen) atoms. The number of rotatable bonds is 3. The van der Waals surface area contributed by atoms with Gasteiger partial charge >= 0.3 is 0 Å². The summed E-state index contributed by atoms with van der Waals surface area (Å²) in [7, 11) is 0. The van der Waals surface area contributed by atoms with Gasteiger partial charge in [0.15, 0.2) is 5.78 Å². The summed E-state index contributed by atoms with van der Waals surface area (Å²) in [5.41, 5.74) is 1.24. The van der Waals surface area contributed by atoms with E-state index in [1.54, 1.807) is 31.2 Å². The van der Waals surface area contributed by atoms with Crippen LogP contribution in [0.3, 0.4) is 0 Å². The Labute approximate surface area is 114 Å². The maximum absolute atomic E-state index is 12.3. The van der Waals surface area contributed by atoms with Crippen LogP contribution in [0.1, 0.15) is 21.5 Å². The third kappa shape index (κ3) is 2.63. The normalized spacial score (nSPS) is 10.2. The van der Waals surface area contributed by atoms with Crippen molar-refractivity contribution in [2.24, 2.45) is 0 Å². The topological polar surface area (TPSA) is 60.2 Å². The number of halogens is 1. The molecule has 96 valence electrons. The minimum atomic E-state index is -0.563. The molecule has 2 aromatic rings. The number of nitro groups is 1. The second kappa shape index (κ2) is 5.20. The Morgan fingerprint density at radius 2 is 1.84 bits per heavy atom. The summed E-state index contributed by atoms with van der Waals surface area (Å²) in [5.74, 6) is -0.199. The van der Waals surface area contributed by atoms with Gasteiger partial charge in [-0.15, -0.1) is 0 Å². The van der Waals surface area contributed by atoms with Gasteiger partial charge in [-0.25, -0.2) is 0 Å². The first kappa shape index (κ1) is 13.2. The van der Waals surface area contributed by atoms with Crippen LogP contribution >= 0.6 is 11.6 Å². The molecular weight excluding hydrogens is 266 g/mol. The second-order valence-electron chi connectivity index (χ2n) is 4.07. The van der Waals surface area contributed by atoms with E-state index in [4.69, 9.17) is 11.6 Å². The zero-order chi connectivity index (χ0) is 14.0. The van der Waals surface area contributed by atoms with E-state index in [9.17, 15) is 14.9 Å². The summed E-state index contributed by atoms with van der Waals surface area (Å²) in [6.45, 7) is 1.65. The fraction of sp³-hybridized carbons (Fsp3) is 0.0714. The van der Waals surface area contributed by atoms with E-state index in [1.807, 2.05) is 6.07 Å². The Balaban J connectivity index is 2.50. The molecule has 0 aromatic heterocycles. The van der Waals surface area contributed by atoms with Crippen molar-refractivity contribution < 1.29 is 9.72 Å². The highest BCUT2D eigenvalue weighted by molar-refractivity contribution is 6.33. The van der Waals surface area contributed by atoms with Crippen LogP contribution in [-0.4, -0.2) is 10.7 Å². The highest BCUT2D eigenvalue weighted by Crippen LogP contribution is 2.28. The molecule has 2 aromatic carbocycles. The predicted octanol–water partition coefficient (Wildman–Crippen LogP) is 3.79. The van der Waals surface area contributed by atoms with Gasteiger partial charge in [0, 0.05) is 17.2 Å². The lowest BCUT2D eigenvalue weighted by Gasteiger charge is -2.06. The van der Waals surface area contributed by atoms with Gasteiger partial charge in [-0.1, -0.05) is 41.9 Å². The summed E-state index contributed by atoms with van der Waals surface area (Å²) in [6, 6.07) is 11.4. The molecule has 0 atom stereocenters. The summed E-state index contributed by atoms with van der Waals surface area (Å²) in [4.78, 5) is 22.5. The minimum Gasteiger partial charge on any atom is -0.289 e. The molecule has 0 N–H and O–H groups in total. The van der Waals surface area contributed by atoms with Crippen molar-refractivity contribution >= 4 is 23.1 Å². The van der Waals surface area contributed by atoms with Crippen LogP contribution in [0.25, 0.3) is 0 Å². The van der Waals surface area contributed by atoms with Crippen molar-refractivity contribution in [2.45, 2.75) is 6.92 Å². The predicted molar refractivity (Wildman–Crippen MR) is 72.7 cm³/mol. The molecule has 0 aliphatic carbocycles. The lowest BCUT2D eigenvalue weighted by molar-refractivity contribution is -0.384. The van der Waals surface area contributed by atoms with Gasteiger partial charge in [0.25, 0.3) is 5.69 Å². The SMILES string of the molecule is Cc1cc([N+](=O)[O-])c(Cl)cc1C(=O)c1ccccc1. The summed E-state index contributed by atoms with van der Waals surface area (Å²) in [5, 5.41) is 10.7. The standard InChI is InChI=1S/C14H10ClNO3/c1-9-7-13(16(18)19)12(15)8-11(9)14(17)10-5-3-2-4-6-10/h2-8H,1H3. The molecular formula is C14H10ClNO3. The zero-order valence-electron chi connectivity index (χ0n) is 10.1. The minimum absolute atomic E-state index is 0.0325. The van der Waals surface area contributed by atoms with Gasteiger partial charge in [0.1, 0.15) is 5.02 Å². The summed E-state index contributed by atoms with van der Waals surface area (Å²) >= 11 is 5.83. The molecule has 5 heteroatoms. The molecule has 0 saturated carbocycles. The molecule has 0 aliphatic heterocycles. The zero-order valence-corrected chi connectivity index (χ0v) is 10.8. The summed E-state index contributed by atoms with van der Waals surface area (Å²) in [6.07, 6.45) is 0. The Morgan fingerprint density at radius 3 is 2.42 bits per heavy atom. The number of benzene rings is 2. The molecule has 4 nitrogen and oxygen atoms in total. The van der Waals surface area contributed by atoms with Crippen LogP contribution in [0.5, 0.6) is 0 Å². The smallest absolute Gasteiger partial charge is 0.288 e. The molecule has 0 saturated heterocycles. The van der Waals surface area contributed by atoms with Gasteiger partial charge in [0.05, 0.1) is 4.92 Å². The molecule has 0 radical (unpaired) electrons. The van der Waals surface area contributed by atoms with Crippen molar-refractivity contribution in [1.29, 1.82) is 0 Å². The molecule has 0 bridgehead atoms. The molecule has 0 fully saturated rings. The third-order valence-corrected chi connectivity index (χ3v) is 3.07. The molecule has 0 heterocycles. The number of carbonyl (C=O) groups excluding carboxylic acids is 1. The first-order chi connectivity index (χ1) is 9.00. The fourth-order valence-corrected chi connectivity index (χ4v) is 2.03. The average molecular weight is 276 g/mol. The third-order valence-electron chi connectivity index (χ3n) is 2.77. The maximum Gasteiger partial charge on any atom is 0.288 e. The van der Waals surface area contributed by atoms with E-state index >= 15 is 0 Å². The van der Waals surface area contributed by atoms with E-state index in [0.717, 1.165) is 0 Å². The number of carbonyl (C=O) groups is 1. The Hall–Kier alpha value is -2.20. The number of nitrogens with zero attached hydrogens (tertiary/aromatic N) is 1. The summed E-state index contributed by atoms with van der Waals surface area (Å²) < 4.78 is 0. The van der Waals surface area contributed by atoms with Crippen molar-refractivity contribution in [3.63, 3.8) is 0 Å². The molecule has 0 spiro atoms. The van der Waals surface area contributed by atoms with Crippen molar-refractivity contribution in [3.05, 3.63) is 74.3 Å². The van der Waals surface area contributed by atoms with Crippen LogP contribution in [0.4, 0.5) is 5.69 Å². The first-order valence-corrected chi connectivity index (χ1v) is 5.93. The Kier molecular flexibility index (Phi) is 3.62. The van der Waals surface area contributed by atoms with E-state index in [0.29, 0.717) is 16.7 Å². The van der Waals surface area contributed by atoms with Crippen LogP contribution < -0.4 is 0 Å². The highest BCUT2D eigenvalue weighted by atomic mass is 35.5. The number of aryl methyl sites for hydroxylation is 1. The van der Waals surface area contributed by atoms with Gasteiger partial charge in [0.2, 0.25) is 0 Å². The monoisotopic (exact) mass is 275 g/mol. The van der Waals surface area contributed by atoms with E-state index in [2.05, 4.69) is 0 Å². The lowest BCUT2D eigenvalue weighted by Crippen LogP contribution is -2.04. The second-order valence-corrected chi connectivity index (χ2v) is 4.48. The van der Waals surface area contributed by atoms with Gasteiger partial charge < -0.3 is 0 Å². The number of hydrogen-bond acceptors (Lipinski definition) is 3. The molecule has 2 rings (SSSR count). The largest absolute Gasteiger partial charge is 0.289 e. The van der Waals surface area contributed by atoms with Crippen LogP contribution in [0.2, 0.25) is 5.02 Å². The van der Waals surface area contributed by atoms with Crippen molar-refractivity contribution in [3.8, 4) is 0 Å². The van der Waals surface area contributed by atoms with Crippen molar-refractivity contribution in [1.82, 2.24) is 0 Å². The first-order valence-electron chi connectivity index (χ1n) is 5.55. The molecule has 0 unspecified atom stereocenters. The Bertz CT molecular complexity index is 653. The lowest BCUT2D eigenvalue weighted by atomic mass is 9.99. The van der Waals surface area contributed by atoms with Gasteiger partial charge in [-0.2, -0.15) is 0 Å². The van der Waals surface area contributed by atoms with Crippen LogP contribution in [-0.2, 0) is 0 Å². The molecule has 0 amide bonds. The average Bonchev–Trinajstić information content (AvgIpc) is 2.41. The van der Waals surface area contributed by atoms with Gasteiger partial charge in [-0.3, -0.25) is 14.9 Å².